The van der Waals surface area contributed by atoms with E-state index in [0.29, 0.717) is 23.8 Å². The lowest BCUT2D eigenvalue weighted by atomic mass is 10.1. The molecule has 0 aromatic heterocycles. The van der Waals surface area contributed by atoms with Gasteiger partial charge in [0.1, 0.15) is 0 Å². The number of benzene rings is 1. The first-order valence-corrected chi connectivity index (χ1v) is 7.57. The summed E-state index contributed by atoms with van der Waals surface area (Å²) in [6.07, 6.45) is 2.62. The van der Waals surface area contributed by atoms with Gasteiger partial charge in [-0.1, -0.05) is 12.1 Å². The van der Waals surface area contributed by atoms with E-state index in [0.717, 1.165) is 25.3 Å². The van der Waals surface area contributed by atoms with Gasteiger partial charge in [0.25, 0.3) is 0 Å². The highest BCUT2D eigenvalue weighted by Crippen LogP contribution is 2.24. The molecule has 0 saturated carbocycles. The lowest BCUT2D eigenvalue weighted by Gasteiger charge is -2.35. The largest absolute Gasteiger partial charge is 0.478 e. The Hall–Kier alpha value is -1.59. The third-order valence-corrected chi connectivity index (χ3v) is 4.47. The Morgan fingerprint density at radius 3 is 3.19 bits per heavy atom. The molecular formula is C16H22N2O3. The summed E-state index contributed by atoms with van der Waals surface area (Å²) >= 11 is 0. The number of carboxylic acids is 1. The number of hydrogen-bond donors (Lipinski definition) is 2. The standard InChI is InChI=1S/C16H22N2O3/c1-11-4-2-6-14(16(19)20)15(11)17-8-13-9-18-7-3-5-12(18)10-21-13/h2,4,6,12-13,17H,3,5,7-10H2,1H3,(H,19,20). The van der Waals surface area contributed by atoms with Crippen molar-refractivity contribution in [1.29, 1.82) is 0 Å². The summed E-state index contributed by atoms with van der Waals surface area (Å²) < 4.78 is 5.90. The number of carbonyl (C=O) groups is 1. The van der Waals surface area contributed by atoms with E-state index in [-0.39, 0.29) is 6.10 Å². The van der Waals surface area contributed by atoms with E-state index >= 15 is 0 Å². The van der Waals surface area contributed by atoms with Crippen LogP contribution in [0.4, 0.5) is 5.69 Å². The van der Waals surface area contributed by atoms with E-state index in [1.165, 1.54) is 12.8 Å². The molecule has 1 aromatic carbocycles. The van der Waals surface area contributed by atoms with Crippen molar-refractivity contribution in [3.05, 3.63) is 29.3 Å². The maximum Gasteiger partial charge on any atom is 0.337 e. The quantitative estimate of drug-likeness (QED) is 0.887. The number of morpholine rings is 1. The summed E-state index contributed by atoms with van der Waals surface area (Å²) in [5.41, 5.74) is 1.98. The first-order valence-electron chi connectivity index (χ1n) is 7.57. The number of nitrogens with one attached hydrogen (secondary N) is 1. The van der Waals surface area contributed by atoms with Crippen molar-refractivity contribution < 1.29 is 14.6 Å². The van der Waals surface area contributed by atoms with E-state index < -0.39 is 5.97 Å². The van der Waals surface area contributed by atoms with E-state index in [1.54, 1.807) is 12.1 Å². The van der Waals surface area contributed by atoms with Crippen LogP contribution in [-0.2, 0) is 4.74 Å². The molecule has 0 aliphatic carbocycles. The third-order valence-electron chi connectivity index (χ3n) is 4.47. The minimum absolute atomic E-state index is 0.126. The van der Waals surface area contributed by atoms with Crippen LogP contribution in [0, 0.1) is 6.92 Å². The molecule has 2 fully saturated rings. The molecule has 2 aliphatic heterocycles. The van der Waals surface area contributed by atoms with E-state index in [9.17, 15) is 9.90 Å². The van der Waals surface area contributed by atoms with Gasteiger partial charge >= 0.3 is 5.97 Å². The Kier molecular flexibility index (Phi) is 4.12. The van der Waals surface area contributed by atoms with Crippen molar-refractivity contribution in [2.24, 2.45) is 0 Å². The van der Waals surface area contributed by atoms with Crippen LogP contribution < -0.4 is 5.32 Å². The molecule has 0 amide bonds. The molecule has 21 heavy (non-hydrogen) atoms. The van der Waals surface area contributed by atoms with Gasteiger partial charge in [-0.3, -0.25) is 4.90 Å². The maximum absolute atomic E-state index is 11.3. The molecule has 2 unspecified atom stereocenters. The molecule has 3 rings (SSSR count). The first kappa shape index (κ1) is 14.4. The fourth-order valence-corrected chi connectivity index (χ4v) is 3.31. The zero-order chi connectivity index (χ0) is 14.8. The Morgan fingerprint density at radius 1 is 1.52 bits per heavy atom. The van der Waals surface area contributed by atoms with E-state index in [1.807, 2.05) is 13.0 Å². The number of aromatic carboxylic acids is 1. The fourth-order valence-electron chi connectivity index (χ4n) is 3.31. The van der Waals surface area contributed by atoms with Gasteiger partial charge in [-0.05, 0) is 37.9 Å². The summed E-state index contributed by atoms with van der Waals surface area (Å²) in [4.78, 5) is 13.8. The average molecular weight is 290 g/mol. The van der Waals surface area contributed by atoms with Crippen molar-refractivity contribution in [2.75, 3.05) is 31.6 Å². The highest BCUT2D eigenvalue weighted by molar-refractivity contribution is 5.95. The van der Waals surface area contributed by atoms with Crippen LogP contribution in [0.5, 0.6) is 0 Å². The molecule has 2 saturated heterocycles. The molecule has 114 valence electrons. The van der Waals surface area contributed by atoms with Crippen molar-refractivity contribution in [3.8, 4) is 0 Å². The number of aryl methyl sites for hydroxylation is 1. The Morgan fingerprint density at radius 2 is 2.38 bits per heavy atom. The van der Waals surface area contributed by atoms with Crippen molar-refractivity contribution in [2.45, 2.75) is 31.9 Å². The topological polar surface area (TPSA) is 61.8 Å². The van der Waals surface area contributed by atoms with Crippen LogP contribution in [0.1, 0.15) is 28.8 Å². The van der Waals surface area contributed by atoms with Gasteiger partial charge in [-0.15, -0.1) is 0 Å². The van der Waals surface area contributed by atoms with Gasteiger partial charge < -0.3 is 15.2 Å². The van der Waals surface area contributed by atoms with Crippen molar-refractivity contribution in [1.82, 2.24) is 4.90 Å². The van der Waals surface area contributed by atoms with Crippen LogP contribution in [-0.4, -0.2) is 54.4 Å². The molecular weight excluding hydrogens is 268 g/mol. The highest BCUT2D eigenvalue weighted by atomic mass is 16.5. The van der Waals surface area contributed by atoms with E-state index in [4.69, 9.17) is 4.74 Å². The maximum atomic E-state index is 11.3. The number of ether oxygens (including phenoxy) is 1. The Bertz CT molecular complexity index is 532. The predicted molar refractivity (Wildman–Crippen MR) is 81.0 cm³/mol. The van der Waals surface area contributed by atoms with E-state index in [2.05, 4.69) is 10.2 Å². The molecule has 0 spiro atoms. The monoisotopic (exact) mass is 290 g/mol. The Labute approximate surface area is 124 Å². The molecule has 2 N–H and O–H groups in total. The molecule has 5 heteroatoms. The zero-order valence-electron chi connectivity index (χ0n) is 12.3. The number of nitrogens with zero attached hydrogens (tertiary/aromatic N) is 1. The molecule has 5 nitrogen and oxygen atoms in total. The minimum atomic E-state index is -0.898. The van der Waals surface area contributed by atoms with Crippen LogP contribution in [0.15, 0.2) is 18.2 Å². The van der Waals surface area contributed by atoms with Gasteiger partial charge in [-0.2, -0.15) is 0 Å². The number of hydrogen-bond acceptors (Lipinski definition) is 4. The molecule has 0 radical (unpaired) electrons. The smallest absolute Gasteiger partial charge is 0.337 e. The van der Waals surface area contributed by atoms with Gasteiger partial charge in [0, 0.05) is 19.1 Å². The number of anilines is 1. The first-order chi connectivity index (χ1) is 10.1. The van der Waals surface area contributed by atoms with Gasteiger partial charge in [0.15, 0.2) is 0 Å². The normalized spacial score (nSPS) is 25.6. The fraction of sp³-hybridized carbons (Fsp3) is 0.562. The summed E-state index contributed by atoms with van der Waals surface area (Å²) in [6, 6.07) is 5.92. The number of para-hydroxylation sites is 1. The highest BCUT2D eigenvalue weighted by Gasteiger charge is 2.32. The SMILES string of the molecule is Cc1cccc(C(=O)O)c1NCC1CN2CCCC2CO1. The molecule has 2 aliphatic rings. The van der Waals surface area contributed by atoms with Crippen LogP contribution in [0.25, 0.3) is 0 Å². The van der Waals surface area contributed by atoms with Gasteiger partial charge in [0.05, 0.1) is 24.0 Å². The lowest BCUT2D eigenvalue weighted by molar-refractivity contribution is -0.0415. The zero-order valence-corrected chi connectivity index (χ0v) is 12.3. The second-order valence-electron chi connectivity index (χ2n) is 5.93. The van der Waals surface area contributed by atoms with Crippen LogP contribution >= 0.6 is 0 Å². The van der Waals surface area contributed by atoms with Crippen LogP contribution in [0.3, 0.4) is 0 Å². The number of rotatable bonds is 4. The van der Waals surface area contributed by atoms with Gasteiger partial charge in [0.2, 0.25) is 0 Å². The number of fused-ring (bicyclic) bond motifs is 1. The summed E-state index contributed by atoms with van der Waals surface area (Å²) in [5, 5.41) is 12.6. The molecule has 1 aromatic rings. The Balaban J connectivity index is 1.64. The summed E-state index contributed by atoms with van der Waals surface area (Å²) in [6.45, 7) is 5.47. The molecule has 2 heterocycles. The third kappa shape index (κ3) is 3.04. The molecule has 0 bridgehead atoms. The second-order valence-corrected chi connectivity index (χ2v) is 5.93. The number of carboxylic acid groups (broad SMARTS) is 1. The minimum Gasteiger partial charge on any atom is -0.478 e. The van der Waals surface area contributed by atoms with Crippen LogP contribution in [0.2, 0.25) is 0 Å². The summed E-state index contributed by atoms with van der Waals surface area (Å²) in [7, 11) is 0. The summed E-state index contributed by atoms with van der Waals surface area (Å²) in [5.74, 6) is -0.898. The predicted octanol–water partition coefficient (Wildman–Crippen LogP) is 1.97. The average Bonchev–Trinajstić information content (AvgIpc) is 2.93. The lowest BCUT2D eigenvalue weighted by Crippen LogP contribution is -2.48. The van der Waals surface area contributed by atoms with Crippen molar-refractivity contribution in [3.63, 3.8) is 0 Å². The molecule has 2 atom stereocenters. The van der Waals surface area contributed by atoms with Gasteiger partial charge in [-0.25, -0.2) is 4.79 Å². The van der Waals surface area contributed by atoms with Crippen molar-refractivity contribution >= 4 is 11.7 Å². The second kappa shape index (κ2) is 6.03.